The van der Waals surface area contributed by atoms with E-state index in [1.807, 2.05) is 24.1 Å². The number of aromatic nitrogens is 2. The molecule has 5 nitrogen and oxygen atoms in total. The van der Waals surface area contributed by atoms with E-state index in [2.05, 4.69) is 10.3 Å². The van der Waals surface area contributed by atoms with Gasteiger partial charge >= 0.3 is 0 Å². The number of imidazole rings is 1. The van der Waals surface area contributed by atoms with Crippen LogP contribution < -0.4 is 5.32 Å². The van der Waals surface area contributed by atoms with Gasteiger partial charge in [-0.3, -0.25) is 0 Å². The molecular weight excluding hydrogens is 218 g/mol. The van der Waals surface area contributed by atoms with E-state index in [4.69, 9.17) is 9.47 Å². The third kappa shape index (κ3) is 3.06. The second kappa shape index (κ2) is 6.14. The van der Waals surface area contributed by atoms with Crippen molar-refractivity contribution in [3.63, 3.8) is 0 Å². The monoisotopic (exact) mass is 239 g/mol. The molecule has 2 rings (SSSR count). The molecule has 17 heavy (non-hydrogen) atoms. The Bertz CT molecular complexity index is 340. The van der Waals surface area contributed by atoms with Crippen LogP contribution in [0.5, 0.6) is 0 Å². The normalized spacial score (nSPS) is 24.4. The SMILES string of the molecule is COCCNCC1CCOC1c1cncn1C. The Morgan fingerprint density at radius 3 is 3.24 bits per heavy atom. The number of nitrogens with one attached hydrogen (secondary N) is 1. The van der Waals surface area contributed by atoms with Crippen molar-refractivity contribution in [1.29, 1.82) is 0 Å². The highest BCUT2D eigenvalue weighted by molar-refractivity contribution is 5.06. The first kappa shape index (κ1) is 12.5. The average molecular weight is 239 g/mol. The molecular formula is C12H21N3O2. The summed E-state index contributed by atoms with van der Waals surface area (Å²) in [6, 6.07) is 0. The van der Waals surface area contributed by atoms with Crippen molar-refractivity contribution in [3.8, 4) is 0 Å². The average Bonchev–Trinajstić information content (AvgIpc) is 2.93. The number of hydrogen-bond acceptors (Lipinski definition) is 4. The lowest BCUT2D eigenvalue weighted by atomic mass is 9.99. The number of nitrogens with zero attached hydrogens (tertiary/aromatic N) is 2. The van der Waals surface area contributed by atoms with Gasteiger partial charge in [-0.15, -0.1) is 0 Å². The predicted molar refractivity (Wildman–Crippen MR) is 64.8 cm³/mol. The summed E-state index contributed by atoms with van der Waals surface area (Å²) in [4.78, 5) is 4.15. The molecule has 96 valence electrons. The molecule has 1 aliphatic rings. The molecule has 1 saturated heterocycles. The molecule has 0 aromatic carbocycles. The molecule has 2 atom stereocenters. The lowest BCUT2D eigenvalue weighted by Gasteiger charge is -2.19. The molecule has 0 spiro atoms. The van der Waals surface area contributed by atoms with E-state index in [-0.39, 0.29) is 6.10 Å². The van der Waals surface area contributed by atoms with Crippen molar-refractivity contribution in [2.45, 2.75) is 12.5 Å². The highest BCUT2D eigenvalue weighted by atomic mass is 16.5. The topological polar surface area (TPSA) is 48.3 Å². The van der Waals surface area contributed by atoms with Gasteiger partial charge in [0.15, 0.2) is 0 Å². The van der Waals surface area contributed by atoms with Crippen LogP contribution in [0.15, 0.2) is 12.5 Å². The molecule has 1 aliphatic heterocycles. The molecule has 0 aliphatic carbocycles. The Hall–Kier alpha value is -0.910. The second-order valence-corrected chi connectivity index (χ2v) is 4.47. The fourth-order valence-electron chi connectivity index (χ4n) is 2.27. The van der Waals surface area contributed by atoms with E-state index < -0.39 is 0 Å². The molecule has 2 unspecified atom stereocenters. The number of rotatable bonds is 6. The van der Waals surface area contributed by atoms with E-state index in [1.54, 1.807) is 7.11 Å². The van der Waals surface area contributed by atoms with Crippen LogP contribution in [0.3, 0.4) is 0 Å². The maximum absolute atomic E-state index is 5.82. The standard InChI is InChI=1S/C12H21N3O2/c1-15-9-14-8-11(15)12-10(3-5-17-12)7-13-4-6-16-2/h8-10,12-13H,3-7H2,1-2H3. The summed E-state index contributed by atoms with van der Waals surface area (Å²) in [5.74, 6) is 0.530. The molecule has 1 aromatic heterocycles. The van der Waals surface area contributed by atoms with Gasteiger partial charge in [0, 0.05) is 39.8 Å². The van der Waals surface area contributed by atoms with Crippen LogP contribution in [0.1, 0.15) is 18.2 Å². The Morgan fingerprint density at radius 2 is 2.53 bits per heavy atom. The number of methoxy groups -OCH3 is 1. The van der Waals surface area contributed by atoms with Crippen LogP contribution in [0.2, 0.25) is 0 Å². The van der Waals surface area contributed by atoms with Crippen LogP contribution in [-0.2, 0) is 16.5 Å². The van der Waals surface area contributed by atoms with E-state index >= 15 is 0 Å². The minimum absolute atomic E-state index is 0.178. The summed E-state index contributed by atoms with van der Waals surface area (Å²) in [7, 11) is 3.73. The lowest BCUT2D eigenvalue weighted by molar-refractivity contribution is 0.0841. The van der Waals surface area contributed by atoms with Gasteiger partial charge < -0.3 is 19.4 Å². The molecule has 0 amide bonds. The van der Waals surface area contributed by atoms with E-state index in [1.165, 1.54) is 5.69 Å². The van der Waals surface area contributed by atoms with E-state index in [0.717, 1.165) is 32.7 Å². The molecule has 0 bridgehead atoms. The zero-order valence-corrected chi connectivity index (χ0v) is 10.6. The molecule has 1 N–H and O–H groups in total. The summed E-state index contributed by atoms with van der Waals surface area (Å²) in [5, 5.41) is 3.40. The van der Waals surface area contributed by atoms with Gasteiger partial charge in [0.05, 0.1) is 24.8 Å². The van der Waals surface area contributed by atoms with Crippen molar-refractivity contribution in [2.24, 2.45) is 13.0 Å². The smallest absolute Gasteiger partial charge is 0.103 e. The third-order valence-corrected chi connectivity index (χ3v) is 3.25. The predicted octanol–water partition coefficient (Wildman–Crippen LogP) is 0.734. The summed E-state index contributed by atoms with van der Waals surface area (Å²) < 4.78 is 12.9. The molecule has 2 heterocycles. The summed E-state index contributed by atoms with van der Waals surface area (Å²) >= 11 is 0. The minimum Gasteiger partial charge on any atom is -0.383 e. The van der Waals surface area contributed by atoms with Crippen LogP contribution in [-0.4, -0.2) is 43.0 Å². The van der Waals surface area contributed by atoms with Crippen LogP contribution in [0, 0.1) is 5.92 Å². The van der Waals surface area contributed by atoms with Crippen molar-refractivity contribution >= 4 is 0 Å². The Kier molecular flexibility index (Phi) is 4.53. The summed E-state index contributed by atoms with van der Waals surface area (Å²) in [6.45, 7) is 3.46. The molecule has 1 aromatic rings. The van der Waals surface area contributed by atoms with Crippen LogP contribution in [0.4, 0.5) is 0 Å². The van der Waals surface area contributed by atoms with E-state index in [9.17, 15) is 0 Å². The highest BCUT2D eigenvalue weighted by Crippen LogP contribution is 2.33. The number of aryl methyl sites for hydroxylation is 1. The van der Waals surface area contributed by atoms with Gasteiger partial charge in [0.1, 0.15) is 6.10 Å². The largest absolute Gasteiger partial charge is 0.383 e. The van der Waals surface area contributed by atoms with Crippen LogP contribution in [0.25, 0.3) is 0 Å². The van der Waals surface area contributed by atoms with Gasteiger partial charge in [0.25, 0.3) is 0 Å². The first-order valence-corrected chi connectivity index (χ1v) is 6.10. The molecule has 5 heteroatoms. The Balaban J connectivity index is 1.87. The van der Waals surface area contributed by atoms with Crippen LogP contribution >= 0.6 is 0 Å². The fraction of sp³-hybridized carbons (Fsp3) is 0.750. The Morgan fingerprint density at radius 1 is 1.65 bits per heavy atom. The van der Waals surface area contributed by atoms with Gasteiger partial charge in [-0.25, -0.2) is 4.98 Å². The third-order valence-electron chi connectivity index (χ3n) is 3.25. The van der Waals surface area contributed by atoms with Crippen molar-refractivity contribution in [1.82, 2.24) is 14.9 Å². The van der Waals surface area contributed by atoms with Crippen molar-refractivity contribution in [3.05, 3.63) is 18.2 Å². The highest BCUT2D eigenvalue weighted by Gasteiger charge is 2.30. The summed E-state index contributed by atoms with van der Waals surface area (Å²) in [6.07, 6.45) is 5.01. The fourth-order valence-corrected chi connectivity index (χ4v) is 2.27. The zero-order valence-electron chi connectivity index (χ0n) is 10.6. The van der Waals surface area contributed by atoms with Gasteiger partial charge in [-0.2, -0.15) is 0 Å². The Labute approximate surface area is 102 Å². The number of ether oxygens (including phenoxy) is 2. The number of hydrogen-bond donors (Lipinski definition) is 1. The summed E-state index contributed by atoms with van der Waals surface area (Å²) in [5.41, 5.74) is 1.17. The molecule has 0 saturated carbocycles. The van der Waals surface area contributed by atoms with Gasteiger partial charge in [-0.05, 0) is 6.42 Å². The van der Waals surface area contributed by atoms with E-state index in [0.29, 0.717) is 5.92 Å². The maximum atomic E-state index is 5.82. The first-order chi connectivity index (χ1) is 8.33. The second-order valence-electron chi connectivity index (χ2n) is 4.47. The molecule has 0 radical (unpaired) electrons. The first-order valence-electron chi connectivity index (χ1n) is 6.10. The zero-order chi connectivity index (χ0) is 12.1. The van der Waals surface area contributed by atoms with Gasteiger partial charge in [0.2, 0.25) is 0 Å². The lowest BCUT2D eigenvalue weighted by Crippen LogP contribution is -2.28. The quantitative estimate of drug-likeness (QED) is 0.744. The van der Waals surface area contributed by atoms with Crippen molar-refractivity contribution in [2.75, 3.05) is 33.4 Å². The molecule has 1 fully saturated rings. The van der Waals surface area contributed by atoms with Gasteiger partial charge in [-0.1, -0.05) is 0 Å². The minimum atomic E-state index is 0.178. The maximum Gasteiger partial charge on any atom is 0.103 e. The van der Waals surface area contributed by atoms with Crippen molar-refractivity contribution < 1.29 is 9.47 Å².